The lowest BCUT2D eigenvalue weighted by Gasteiger charge is -2.11. The number of nitrogens with zero attached hydrogens (tertiary/aromatic N) is 4. The van der Waals surface area contributed by atoms with Gasteiger partial charge in [-0.2, -0.15) is 0 Å². The Hall–Kier alpha value is -7.43. The second kappa shape index (κ2) is 13.8. The van der Waals surface area contributed by atoms with Crippen LogP contribution in [-0.2, 0) is 0 Å². The largest absolute Gasteiger partial charge is 0.309 e. The van der Waals surface area contributed by atoms with E-state index in [0.717, 1.165) is 66.7 Å². The van der Waals surface area contributed by atoms with E-state index >= 15 is 0 Å². The Labute approximate surface area is 325 Å². The van der Waals surface area contributed by atoms with Gasteiger partial charge in [-0.1, -0.05) is 164 Å². The molecule has 0 spiro atoms. The molecule has 0 amide bonds. The maximum absolute atomic E-state index is 9.18. The molecule has 0 N–H and O–H groups in total. The zero-order valence-corrected chi connectivity index (χ0v) is 29.6. The lowest BCUT2D eigenvalue weighted by Crippen LogP contribution is -2.00. The van der Waals surface area contributed by atoms with Gasteiger partial charge in [-0.05, 0) is 75.8 Å². The van der Waals surface area contributed by atoms with Crippen LogP contribution in [0.25, 0.3) is 95.0 Å². The molecule has 55 heavy (non-hydrogen) atoms. The van der Waals surface area contributed by atoms with Crippen molar-refractivity contribution in [2.45, 2.75) is 0 Å². The van der Waals surface area contributed by atoms with E-state index in [1.807, 2.05) is 132 Å². The summed E-state index contributed by atoms with van der Waals surface area (Å²) in [5.41, 5.74) is 10.7. The van der Waals surface area contributed by atoms with E-state index in [9.17, 15) is 2.74 Å². The van der Waals surface area contributed by atoms with E-state index in [2.05, 4.69) is 54.6 Å². The highest BCUT2D eigenvalue weighted by atomic mass is 15.0. The minimum absolute atomic E-state index is 0.0732. The van der Waals surface area contributed by atoms with Gasteiger partial charge in [0, 0.05) is 33.2 Å². The first kappa shape index (κ1) is 28.1. The van der Waals surface area contributed by atoms with Crippen molar-refractivity contribution in [2.24, 2.45) is 0 Å². The van der Waals surface area contributed by atoms with Crippen LogP contribution in [0.4, 0.5) is 0 Å². The van der Waals surface area contributed by atoms with E-state index in [1.54, 1.807) is 0 Å². The second-order valence-corrected chi connectivity index (χ2v) is 13.4. The number of benzene rings is 8. The molecule has 4 heteroatoms. The van der Waals surface area contributed by atoms with Crippen molar-refractivity contribution in [3.8, 4) is 73.2 Å². The van der Waals surface area contributed by atoms with Crippen molar-refractivity contribution in [2.75, 3.05) is 0 Å². The molecule has 0 radical (unpaired) electrons. The summed E-state index contributed by atoms with van der Waals surface area (Å²) in [5, 5.41) is 1.24. The smallest absolute Gasteiger partial charge is 0.164 e. The van der Waals surface area contributed by atoms with Crippen molar-refractivity contribution < 1.29 is 5.48 Å². The number of hydrogen-bond donors (Lipinski definition) is 0. The Morgan fingerprint density at radius 3 is 1.45 bits per heavy atom. The molecule has 0 bridgehead atoms. The third kappa shape index (κ3) is 6.06. The molecule has 2 heterocycles. The minimum atomic E-state index is -0.279. The molecule has 0 saturated carbocycles. The highest BCUT2D eigenvalue weighted by Gasteiger charge is 2.18. The van der Waals surface area contributed by atoms with Gasteiger partial charge in [0.15, 0.2) is 17.5 Å². The predicted molar refractivity (Wildman–Crippen MR) is 227 cm³/mol. The second-order valence-electron chi connectivity index (χ2n) is 13.4. The van der Waals surface area contributed by atoms with E-state index in [-0.39, 0.29) is 24.2 Å². The van der Waals surface area contributed by atoms with Gasteiger partial charge in [0.1, 0.15) is 0 Å². The Balaban J connectivity index is 1.12. The molecule has 10 aromatic rings. The molecule has 0 aliphatic heterocycles. The summed E-state index contributed by atoms with van der Waals surface area (Å²) in [6.45, 7) is 0. The van der Waals surface area contributed by atoms with Crippen LogP contribution in [-0.4, -0.2) is 19.5 Å². The summed E-state index contributed by atoms with van der Waals surface area (Å²) in [5.74, 6) is 1.63. The van der Waals surface area contributed by atoms with Crippen molar-refractivity contribution in [3.05, 3.63) is 206 Å². The summed E-state index contributed by atoms with van der Waals surface area (Å²) in [6.07, 6.45) is 0. The molecular formula is C51H34N4. The van der Waals surface area contributed by atoms with E-state index in [1.165, 1.54) is 0 Å². The molecule has 8 aromatic carbocycles. The van der Waals surface area contributed by atoms with Crippen LogP contribution in [0.15, 0.2) is 206 Å². The molecule has 10 rings (SSSR count). The first-order chi connectivity index (χ1) is 28.9. The average Bonchev–Trinajstić information content (AvgIpc) is 3.67. The normalized spacial score (nSPS) is 12.3. The van der Waals surface area contributed by atoms with E-state index < -0.39 is 0 Å². The number of para-hydroxylation sites is 1. The quantitative estimate of drug-likeness (QED) is 0.166. The predicted octanol–water partition coefficient (Wildman–Crippen LogP) is 13.0. The fourth-order valence-corrected chi connectivity index (χ4v) is 7.32. The van der Waals surface area contributed by atoms with E-state index in [0.29, 0.717) is 28.4 Å². The molecule has 258 valence electrons. The van der Waals surface area contributed by atoms with Crippen molar-refractivity contribution >= 4 is 21.8 Å². The maximum atomic E-state index is 9.18. The molecule has 0 atom stereocenters. The number of aromatic nitrogens is 4. The van der Waals surface area contributed by atoms with Gasteiger partial charge in [-0.3, -0.25) is 0 Å². The number of fused-ring (bicyclic) bond motifs is 3. The number of rotatable bonds is 7. The van der Waals surface area contributed by atoms with Crippen LogP contribution in [0.2, 0.25) is 0 Å². The summed E-state index contributed by atoms with van der Waals surface area (Å²) in [6, 6.07) is 59.9. The molecule has 4 nitrogen and oxygen atoms in total. The summed E-state index contributed by atoms with van der Waals surface area (Å²) >= 11 is 0. The SMILES string of the molecule is [2H]c1c([2H])c([2H])c2c(c1[2H])c1c(-c3cccc(-c4ccccc4)c3)cccc1n2-c1ccc(-c2nc(-c3ccccc3)nc(-c3ccc(-c4ccccc4)cc3)n2)cc1. The summed E-state index contributed by atoms with van der Waals surface area (Å²) < 4.78 is 37.7. The zero-order valence-electron chi connectivity index (χ0n) is 33.6. The van der Waals surface area contributed by atoms with Crippen LogP contribution in [0.1, 0.15) is 5.48 Å². The third-order valence-electron chi connectivity index (χ3n) is 10.0. The first-order valence-electron chi connectivity index (χ1n) is 20.2. The highest BCUT2D eigenvalue weighted by molar-refractivity contribution is 6.15. The highest BCUT2D eigenvalue weighted by Crippen LogP contribution is 2.39. The van der Waals surface area contributed by atoms with Gasteiger partial charge in [-0.15, -0.1) is 0 Å². The standard InChI is InChI=1S/C51H34N4/c1-4-14-35(15-5-1)37-26-28-39(29-27-37)50-52-49(38-18-8-3-9-19-38)53-51(54-50)40-30-32-43(33-31-40)55-46-24-11-10-22-45(46)48-44(23-13-25-47(48)55)42-21-12-20-41(34-42)36-16-6-2-7-17-36/h1-34H/i10D,11D,22D,24D. The Kier molecular flexibility index (Phi) is 7.08. The Bertz CT molecular complexity index is 3170. The molecular weight excluding hydrogens is 669 g/mol. The lowest BCUT2D eigenvalue weighted by atomic mass is 9.96. The molecule has 0 unspecified atom stereocenters. The molecule has 0 fully saturated rings. The zero-order chi connectivity index (χ0) is 40.0. The maximum Gasteiger partial charge on any atom is 0.164 e. The Morgan fingerprint density at radius 1 is 0.364 bits per heavy atom. The van der Waals surface area contributed by atoms with Crippen LogP contribution >= 0.6 is 0 Å². The van der Waals surface area contributed by atoms with Crippen molar-refractivity contribution in [1.82, 2.24) is 19.5 Å². The van der Waals surface area contributed by atoms with Crippen LogP contribution in [0.3, 0.4) is 0 Å². The van der Waals surface area contributed by atoms with Gasteiger partial charge in [0.05, 0.1) is 16.5 Å². The molecule has 0 aliphatic rings. The molecule has 0 saturated heterocycles. The third-order valence-corrected chi connectivity index (χ3v) is 10.0. The lowest BCUT2D eigenvalue weighted by molar-refractivity contribution is 1.07. The van der Waals surface area contributed by atoms with E-state index in [4.69, 9.17) is 17.7 Å². The fourth-order valence-electron chi connectivity index (χ4n) is 7.32. The van der Waals surface area contributed by atoms with Gasteiger partial charge >= 0.3 is 0 Å². The summed E-state index contributed by atoms with van der Waals surface area (Å²) in [7, 11) is 0. The molecule has 0 aliphatic carbocycles. The first-order valence-corrected chi connectivity index (χ1v) is 18.2. The van der Waals surface area contributed by atoms with Gasteiger partial charge in [0.2, 0.25) is 0 Å². The summed E-state index contributed by atoms with van der Waals surface area (Å²) in [4.78, 5) is 14.9. The van der Waals surface area contributed by atoms with Gasteiger partial charge < -0.3 is 4.57 Å². The van der Waals surface area contributed by atoms with Crippen LogP contribution < -0.4 is 0 Å². The fraction of sp³-hybridized carbons (Fsp3) is 0. The minimum Gasteiger partial charge on any atom is -0.309 e. The topological polar surface area (TPSA) is 43.6 Å². The van der Waals surface area contributed by atoms with Crippen LogP contribution in [0.5, 0.6) is 0 Å². The van der Waals surface area contributed by atoms with Crippen molar-refractivity contribution in [1.29, 1.82) is 0 Å². The number of hydrogen-bond acceptors (Lipinski definition) is 3. The van der Waals surface area contributed by atoms with Crippen LogP contribution in [0, 0.1) is 0 Å². The monoisotopic (exact) mass is 706 g/mol. The molecule has 2 aromatic heterocycles. The van der Waals surface area contributed by atoms with Gasteiger partial charge in [0.25, 0.3) is 0 Å². The Morgan fingerprint density at radius 2 is 0.818 bits per heavy atom. The average molecular weight is 707 g/mol. The van der Waals surface area contributed by atoms with Crippen molar-refractivity contribution in [3.63, 3.8) is 0 Å². The van der Waals surface area contributed by atoms with Gasteiger partial charge in [-0.25, -0.2) is 15.0 Å².